The minimum absolute atomic E-state index is 0.118. The fourth-order valence-electron chi connectivity index (χ4n) is 4.87. The van der Waals surface area contributed by atoms with Gasteiger partial charge in [-0.1, -0.05) is 35.9 Å². The van der Waals surface area contributed by atoms with Gasteiger partial charge in [-0.2, -0.15) is 5.10 Å². The van der Waals surface area contributed by atoms with Gasteiger partial charge in [0.25, 0.3) is 0 Å². The van der Waals surface area contributed by atoms with Gasteiger partial charge in [0.05, 0.1) is 13.3 Å². The predicted octanol–water partition coefficient (Wildman–Crippen LogP) is 8.00. The third-order valence-electron chi connectivity index (χ3n) is 7.08. The SMILES string of the molecule is C=CCc1cc(/C=N/NC(=O)c2ccc(COc3ccc(-n4c(C)ccc4C)cc3)o2)cc(OC)c1OCc1ccccc1Cl. The standard InChI is InChI=1S/C36H34ClN3O5/c1-5-8-27-19-26(20-34(42-4)35(27)44-22-28-9-6-7-10-32(28)37)21-38-39-36(41)33-18-17-31(45-33)23-43-30-15-13-29(14-16-30)40-24(2)11-12-25(40)3/h5-7,9-21H,1,8,22-23H2,2-4H3,(H,39,41)/b38-21+. The maximum atomic E-state index is 12.7. The molecule has 5 rings (SSSR count). The van der Waals surface area contributed by atoms with Crippen molar-refractivity contribution in [3.05, 3.63) is 142 Å². The maximum Gasteiger partial charge on any atom is 0.307 e. The molecular formula is C36H34ClN3O5. The topological polar surface area (TPSA) is 87.2 Å². The van der Waals surface area contributed by atoms with E-state index in [9.17, 15) is 4.79 Å². The van der Waals surface area contributed by atoms with Crippen molar-refractivity contribution >= 4 is 23.7 Å². The van der Waals surface area contributed by atoms with Gasteiger partial charge in [-0.3, -0.25) is 4.79 Å². The van der Waals surface area contributed by atoms with E-state index in [4.69, 9.17) is 30.2 Å². The highest BCUT2D eigenvalue weighted by Crippen LogP contribution is 2.34. The zero-order valence-electron chi connectivity index (χ0n) is 25.4. The summed E-state index contributed by atoms with van der Waals surface area (Å²) in [6.45, 7) is 8.45. The lowest BCUT2D eigenvalue weighted by Gasteiger charge is -2.16. The summed E-state index contributed by atoms with van der Waals surface area (Å²) in [6.07, 6.45) is 3.84. The lowest BCUT2D eigenvalue weighted by Crippen LogP contribution is -2.16. The first-order valence-corrected chi connectivity index (χ1v) is 14.7. The Morgan fingerprint density at radius 3 is 2.42 bits per heavy atom. The van der Waals surface area contributed by atoms with E-state index in [1.165, 1.54) is 6.21 Å². The molecule has 230 valence electrons. The molecule has 0 saturated heterocycles. The van der Waals surface area contributed by atoms with Crippen LogP contribution in [0.25, 0.3) is 5.69 Å². The van der Waals surface area contributed by atoms with Gasteiger partial charge in [-0.05, 0) is 92.6 Å². The van der Waals surface area contributed by atoms with Crippen molar-refractivity contribution in [1.82, 2.24) is 9.99 Å². The molecular weight excluding hydrogens is 590 g/mol. The molecule has 0 aliphatic heterocycles. The number of benzene rings is 3. The van der Waals surface area contributed by atoms with Crippen LogP contribution in [0.2, 0.25) is 5.02 Å². The number of halogens is 1. The normalized spacial score (nSPS) is 11.0. The number of nitrogens with zero attached hydrogens (tertiary/aromatic N) is 2. The number of rotatable bonds is 13. The van der Waals surface area contributed by atoms with E-state index in [-0.39, 0.29) is 19.0 Å². The van der Waals surface area contributed by atoms with Crippen molar-refractivity contribution in [1.29, 1.82) is 0 Å². The molecule has 2 aromatic heterocycles. The quantitative estimate of drug-likeness (QED) is 0.0816. The zero-order valence-corrected chi connectivity index (χ0v) is 26.1. The largest absolute Gasteiger partial charge is 0.493 e. The van der Waals surface area contributed by atoms with Crippen LogP contribution in [0.1, 0.15) is 44.4 Å². The maximum absolute atomic E-state index is 12.7. The molecule has 2 heterocycles. The smallest absolute Gasteiger partial charge is 0.307 e. The van der Waals surface area contributed by atoms with E-state index in [1.807, 2.05) is 54.6 Å². The van der Waals surface area contributed by atoms with E-state index >= 15 is 0 Å². The number of methoxy groups -OCH3 is 1. The summed E-state index contributed by atoms with van der Waals surface area (Å²) in [6, 6.07) is 26.5. The molecule has 0 aliphatic carbocycles. The number of amides is 1. The van der Waals surface area contributed by atoms with Crippen LogP contribution in [0, 0.1) is 13.8 Å². The van der Waals surface area contributed by atoms with Crippen LogP contribution in [0.5, 0.6) is 17.2 Å². The van der Waals surface area contributed by atoms with Gasteiger partial charge < -0.3 is 23.2 Å². The molecule has 8 nitrogen and oxygen atoms in total. The number of allylic oxidation sites excluding steroid dienone is 1. The highest BCUT2D eigenvalue weighted by molar-refractivity contribution is 6.31. The Morgan fingerprint density at radius 1 is 0.956 bits per heavy atom. The van der Waals surface area contributed by atoms with Crippen molar-refractivity contribution in [2.24, 2.45) is 5.10 Å². The molecule has 1 N–H and O–H groups in total. The van der Waals surface area contributed by atoms with Gasteiger partial charge in [-0.15, -0.1) is 6.58 Å². The van der Waals surface area contributed by atoms with Crippen molar-refractivity contribution in [3.8, 4) is 22.9 Å². The van der Waals surface area contributed by atoms with Crippen molar-refractivity contribution in [3.63, 3.8) is 0 Å². The molecule has 0 radical (unpaired) electrons. The number of hydrogen-bond acceptors (Lipinski definition) is 6. The van der Waals surface area contributed by atoms with E-state index in [0.717, 1.165) is 28.2 Å². The van der Waals surface area contributed by atoms with Gasteiger partial charge in [0.1, 0.15) is 24.7 Å². The van der Waals surface area contributed by atoms with E-state index in [1.54, 1.807) is 31.4 Å². The number of ether oxygens (including phenoxy) is 3. The Bertz CT molecular complexity index is 1800. The molecule has 0 fully saturated rings. The minimum Gasteiger partial charge on any atom is -0.493 e. The van der Waals surface area contributed by atoms with Gasteiger partial charge in [0.2, 0.25) is 0 Å². The predicted molar refractivity (Wildman–Crippen MR) is 176 cm³/mol. The fourth-order valence-corrected chi connectivity index (χ4v) is 5.06. The highest BCUT2D eigenvalue weighted by Gasteiger charge is 2.15. The molecule has 0 aliphatic rings. The van der Waals surface area contributed by atoms with Crippen LogP contribution in [0.3, 0.4) is 0 Å². The Labute approximate surface area is 267 Å². The monoisotopic (exact) mass is 623 g/mol. The second-order valence-electron chi connectivity index (χ2n) is 10.3. The number of hydrogen-bond donors (Lipinski definition) is 1. The van der Waals surface area contributed by atoms with Gasteiger partial charge >= 0.3 is 5.91 Å². The van der Waals surface area contributed by atoms with Crippen molar-refractivity contribution in [2.45, 2.75) is 33.5 Å². The zero-order chi connectivity index (χ0) is 31.8. The molecule has 0 spiro atoms. The number of carbonyl (C=O) groups is 1. The Hall–Kier alpha value is -5.21. The Kier molecular flexibility index (Phi) is 10.1. The third-order valence-corrected chi connectivity index (χ3v) is 7.45. The van der Waals surface area contributed by atoms with Gasteiger partial charge in [0, 0.05) is 33.2 Å². The number of nitrogens with one attached hydrogen (secondary N) is 1. The number of hydrazone groups is 1. The Balaban J connectivity index is 1.18. The summed E-state index contributed by atoms with van der Waals surface area (Å²) < 4.78 is 25.5. The summed E-state index contributed by atoms with van der Waals surface area (Å²) in [7, 11) is 1.57. The first-order valence-electron chi connectivity index (χ1n) is 14.3. The average molecular weight is 624 g/mol. The first-order chi connectivity index (χ1) is 21.9. The third kappa shape index (κ3) is 7.66. The van der Waals surface area contributed by atoms with Crippen LogP contribution in [-0.4, -0.2) is 23.8 Å². The number of aromatic nitrogens is 1. The lowest BCUT2D eigenvalue weighted by atomic mass is 10.1. The summed E-state index contributed by atoms with van der Waals surface area (Å²) >= 11 is 6.29. The second kappa shape index (κ2) is 14.5. The molecule has 9 heteroatoms. The molecule has 3 aromatic carbocycles. The summed E-state index contributed by atoms with van der Waals surface area (Å²) in [5.41, 5.74) is 8.31. The second-order valence-corrected chi connectivity index (χ2v) is 10.7. The summed E-state index contributed by atoms with van der Waals surface area (Å²) in [4.78, 5) is 12.7. The molecule has 45 heavy (non-hydrogen) atoms. The molecule has 0 bridgehead atoms. The van der Waals surface area contributed by atoms with Crippen LogP contribution in [-0.2, 0) is 19.6 Å². The molecule has 0 saturated carbocycles. The first kappa shape index (κ1) is 31.2. The number of carbonyl (C=O) groups excluding carboxylic acids is 1. The molecule has 1 amide bonds. The van der Waals surface area contributed by atoms with E-state index < -0.39 is 5.91 Å². The summed E-state index contributed by atoms with van der Waals surface area (Å²) in [5.74, 6) is 1.95. The van der Waals surface area contributed by atoms with E-state index in [0.29, 0.717) is 40.0 Å². The number of aryl methyl sites for hydroxylation is 2. The highest BCUT2D eigenvalue weighted by atomic mass is 35.5. The van der Waals surface area contributed by atoms with Gasteiger partial charge in [0.15, 0.2) is 17.3 Å². The minimum atomic E-state index is -0.489. The summed E-state index contributed by atoms with van der Waals surface area (Å²) in [5, 5.41) is 4.74. The van der Waals surface area contributed by atoms with Crippen molar-refractivity contribution < 1.29 is 23.4 Å². The van der Waals surface area contributed by atoms with E-state index in [2.05, 4.69) is 47.7 Å². The Morgan fingerprint density at radius 2 is 1.71 bits per heavy atom. The van der Waals surface area contributed by atoms with Crippen LogP contribution in [0.15, 0.2) is 107 Å². The number of furan rings is 1. The van der Waals surface area contributed by atoms with Crippen LogP contribution >= 0.6 is 11.6 Å². The lowest BCUT2D eigenvalue weighted by molar-refractivity contribution is 0.0923. The molecule has 0 atom stereocenters. The van der Waals surface area contributed by atoms with Gasteiger partial charge in [-0.25, -0.2) is 5.43 Å². The average Bonchev–Trinajstić information content (AvgIpc) is 3.66. The molecule has 5 aromatic rings. The van der Waals surface area contributed by atoms with Crippen LogP contribution in [0.4, 0.5) is 0 Å². The molecule has 0 unspecified atom stereocenters. The van der Waals surface area contributed by atoms with Crippen LogP contribution < -0.4 is 19.6 Å². The van der Waals surface area contributed by atoms with Crippen molar-refractivity contribution in [2.75, 3.05) is 7.11 Å². The fraction of sp³-hybridized carbons (Fsp3) is 0.167.